The summed E-state index contributed by atoms with van der Waals surface area (Å²) in [5.74, 6) is 0.887. The van der Waals surface area contributed by atoms with Crippen LogP contribution in [0.2, 0.25) is 0 Å². The van der Waals surface area contributed by atoms with Crippen molar-refractivity contribution in [1.82, 2.24) is 0 Å². The van der Waals surface area contributed by atoms with Gasteiger partial charge in [-0.1, -0.05) is 6.07 Å². The van der Waals surface area contributed by atoms with Gasteiger partial charge in [0.15, 0.2) is 0 Å². The zero-order chi connectivity index (χ0) is 12.7. The van der Waals surface area contributed by atoms with Crippen LogP contribution in [0.4, 0.5) is 5.69 Å². The Morgan fingerprint density at radius 3 is 2.53 bits per heavy atom. The van der Waals surface area contributed by atoms with E-state index in [-0.39, 0.29) is 0 Å². The van der Waals surface area contributed by atoms with Crippen LogP contribution in [-0.4, -0.2) is 26.7 Å². The first-order chi connectivity index (χ1) is 8.26. The van der Waals surface area contributed by atoms with Crippen molar-refractivity contribution in [1.29, 1.82) is 0 Å². The minimum Gasteiger partial charge on any atom is -0.496 e. The fourth-order valence-electron chi connectivity index (χ4n) is 1.90. The summed E-state index contributed by atoms with van der Waals surface area (Å²) in [6.07, 6.45) is 0.755. The fourth-order valence-corrected chi connectivity index (χ4v) is 1.90. The molecule has 0 amide bonds. The van der Waals surface area contributed by atoms with Crippen molar-refractivity contribution in [2.24, 2.45) is 0 Å². The largest absolute Gasteiger partial charge is 0.496 e. The highest BCUT2D eigenvalue weighted by Crippen LogP contribution is 2.26. The van der Waals surface area contributed by atoms with Gasteiger partial charge < -0.3 is 14.5 Å². The maximum atomic E-state index is 6.83. The summed E-state index contributed by atoms with van der Waals surface area (Å²) in [6, 6.07) is 6.23. The van der Waals surface area contributed by atoms with Crippen molar-refractivity contribution < 1.29 is 4.74 Å². The van der Waals surface area contributed by atoms with E-state index in [1.165, 1.54) is 5.69 Å². The van der Waals surface area contributed by atoms with Crippen molar-refractivity contribution in [2.45, 2.75) is 20.3 Å². The maximum absolute atomic E-state index is 6.83. The Bertz CT molecular complexity index is 392. The summed E-state index contributed by atoms with van der Waals surface area (Å²) in [5.41, 5.74) is 2.29. The second-order valence-electron chi connectivity index (χ2n) is 3.80. The topological polar surface area (TPSA) is 16.8 Å². The van der Waals surface area contributed by atoms with E-state index in [0.29, 0.717) is 6.54 Å². The maximum Gasteiger partial charge on any atom is 0.218 e. The Kier molecular flexibility index (Phi) is 5.35. The molecule has 0 spiro atoms. The number of methoxy groups -OCH3 is 1. The zero-order valence-electron chi connectivity index (χ0n) is 10.9. The molecule has 1 aromatic carbocycles. The number of rotatable bonds is 6. The molecule has 0 N–H and O–H groups in total. The molecule has 3 nitrogen and oxygen atoms in total. The van der Waals surface area contributed by atoms with Crippen LogP contribution in [0, 0.1) is 6.57 Å². The second kappa shape index (κ2) is 6.80. The smallest absolute Gasteiger partial charge is 0.218 e. The lowest BCUT2D eigenvalue weighted by atomic mass is 10.1. The molecule has 1 rings (SSSR count). The van der Waals surface area contributed by atoms with Crippen LogP contribution in [0.5, 0.6) is 5.75 Å². The van der Waals surface area contributed by atoms with Gasteiger partial charge in [-0.15, -0.1) is 0 Å². The quantitative estimate of drug-likeness (QED) is 0.701. The van der Waals surface area contributed by atoms with Gasteiger partial charge in [0.25, 0.3) is 0 Å². The van der Waals surface area contributed by atoms with Crippen molar-refractivity contribution in [3.8, 4) is 5.75 Å². The molecule has 0 aliphatic rings. The molecule has 0 unspecified atom stereocenters. The normalized spacial score (nSPS) is 9.76. The van der Waals surface area contributed by atoms with Crippen LogP contribution < -0.4 is 9.64 Å². The predicted molar refractivity (Wildman–Crippen MR) is 71.7 cm³/mol. The molecule has 3 heteroatoms. The molecule has 0 bridgehead atoms. The molecule has 0 radical (unpaired) electrons. The van der Waals surface area contributed by atoms with Crippen LogP contribution in [0.15, 0.2) is 18.2 Å². The van der Waals surface area contributed by atoms with Gasteiger partial charge in [-0.05, 0) is 19.9 Å². The number of ether oxygens (including phenoxy) is 1. The van der Waals surface area contributed by atoms with Crippen molar-refractivity contribution in [3.63, 3.8) is 0 Å². The number of hydrogen-bond acceptors (Lipinski definition) is 2. The minimum atomic E-state index is 0.515. The lowest BCUT2D eigenvalue weighted by Crippen LogP contribution is -2.21. The van der Waals surface area contributed by atoms with Gasteiger partial charge in [-0.3, -0.25) is 0 Å². The molecule has 0 saturated heterocycles. The number of nitrogens with zero attached hydrogens (tertiary/aromatic N) is 2. The standard InChI is InChI=1S/C14H20N2O/c1-5-16(6-2)13-8-7-12(9-10-15-3)14(11-13)17-4/h7-8,11H,5-6,9-10H2,1-2,4H3. The molecule has 17 heavy (non-hydrogen) atoms. The zero-order valence-corrected chi connectivity index (χ0v) is 10.9. The first-order valence-electron chi connectivity index (χ1n) is 6.01. The molecular formula is C14H20N2O. The van der Waals surface area contributed by atoms with Crippen LogP contribution >= 0.6 is 0 Å². The molecule has 0 saturated carbocycles. The third kappa shape index (κ3) is 3.39. The summed E-state index contributed by atoms with van der Waals surface area (Å²) in [7, 11) is 1.68. The molecule has 0 fully saturated rings. The molecule has 0 atom stereocenters. The van der Waals surface area contributed by atoms with E-state index in [1.807, 2.05) is 0 Å². The number of benzene rings is 1. The highest BCUT2D eigenvalue weighted by Gasteiger charge is 2.08. The molecule has 92 valence electrons. The molecule has 0 heterocycles. The number of anilines is 1. The Balaban J connectivity index is 2.95. The first-order valence-corrected chi connectivity index (χ1v) is 6.01. The van der Waals surface area contributed by atoms with Gasteiger partial charge in [0.1, 0.15) is 5.75 Å². The highest BCUT2D eigenvalue weighted by atomic mass is 16.5. The van der Waals surface area contributed by atoms with Crippen LogP contribution in [-0.2, 0) is 6.42 Å². The van der Waals surface area contributed by atoms with E-state index in [1.54, 1.807) is 7.11 Å². The summed E-state index contributed by atoms with van der Waals surface area (Å²) in [6.45, 7) is 13.6. The van der Waals surface area contributed by atoms with Crippen LogP contribution in [0.3, 0.4) is 0 Å². The second-order valence-corrected chi connectivity index (χ2v) is 3.80. The first kappa shape index (κ1) is 13.4. The van der Waals surface area contributed by atoms with Gasteiger partial charge in [0, 0.05) is 36.8 Å². The average molecular weight is 232 g/mol. The summed E-state index contributed by atoms with van der Waals surface area (Å²) >= 11 is 0. The Morgan fingerprint density at radius 1 is 1.29 bits per heavy atom. The van der Waals surface area contributed by atoms with Gasteiger partial charge in [-0.25, -0.2) is 6.57 Å². The Labute approximate surface area is 104 Å². The van der Waals surface area contributed by atoms with Crippen molar-refractivity contribution in [3.05, 3.63) is 35.2 Å². The fraction of sp³-hybridized carbons (Fsp3) is 0.500. The summed E-state index contributed by atoms with van der Waals surface area (Å²) in [5, 5.41) is 0. The average Bonchev–Trinajstić information content (AvgIpc) is 2.38. The van der Waals surface area contributed by atoms with Gasteiger partial charge >= 0.3 is 0 Å². The van der Waals surface area contributed by atoms with Crippen molar-refractivity contribution in [2.75, 3.05) is 31.6 Å². The number of hydrogen-bond donors (Lipinski definition) is 0. The monoisotopic (exact) mass is 232 g/mol. The van der Waals surface area contributed by atoms with Gasteiger partial charge in [0.2, 0.25) is 6.54 Å². The van der Waals surface area contributed by atoms with E-state index >= 15 is 0 Å². The lowest BCUT2D eigenvalue weighted by molar-refractivity contribution is 0.410. The van der Waals surface area contributed by atoms with Gasteiger partial charge in [-0.2, -0.15) is 0 Å². The minimum absolute atomic E-state index is 0.515. The SMILES string of the molecule is [C-]#[N+]CCc1ccc(N(CC)CC)cc1OC. The van der Waals surface area contributed by atoms with Gasteiger partial charge in [0.05, 0.1) is 7.11 Å². The third-order valence-electron chi connectivity index (χ3n) is 2.89. The molecular weight excluding hydrogens is 212 g/mol. The van der Waals surface area contributed by atoms with E-state index in [0.717, 1.165) is 30.8 Å². The van der Waals surface area contributed by atoms with E-state index in [4.69, 9.17) is 11.3 Å². The van der Waals surface area contributed by atoms with Crippen LogP contribution in [0.25, 0.3) is 4.85 Å². The van der Waals surface area contributed by atoms with E-state index in [2.05, 4.69) is 41.8 Å². The van der Waals surface area contributed by atoms with E-state index < -0.39 is 0 Å². The Morgan fingerprint density at radius 2 is 2.00 bits per heavy atom. The Hall–Kier alpha value is -1.69. The molecule has 0 aliphatic carbocycles. The van der Waals surface area contributed by atoms with E-state index in [9.17, 15) is 0 Å². The highest BCUT2D eigenvalue weighted by molar-refractivity contribution is 5.53. The third-order valence-corrected chi connectivity index (χ3v) is 2.89. The molecule has 1 aromatic rings. The summed E-state index contributed by atoms with van der Waals surface area (Å²) < 4.78 is 5.39. The molecule has 0 aromatic heterocycles. The van der Waals surface area contributed by atoms with Crippen molar-refractivity contribution >= 4 is 5.69 Å². The van der Waals surface area contributed by atoms with Crippen LogP contribution in [0.1, 0.15) is 19.4 Å². The predicted octanol–water partition coefficient (Wildman–Crippen LogP) is 3.00. The lowest BCUT2D eigenvalue weighted by Gasteiger charge is -2.22. The summed E-state index contributed by atoms with van der Waals surface area (Å²) in [4.78, 5) is 5.66. The molecule has 0 aliphatic heterocycles.